The summed E-state index contributed by atoms with van der Waals surface area (Å²) in [4.78, 5) is 11.3. The van der Waals surface area contributed by atoms with Gasteiger partial charge in [0.25, 0.3) is 0 Å². The summed E-state index contributed by atoms with van der Waals surface area (Å²) in [5.74, 6) is 1.02. The van der Waals surface area contributed by atoms with Crippen LogP contribution in [0.4, 0.5) is 0 Å². The van der Waals surface area contributed by atoms with E-state index in [9.17, 15) is 4.79 Å². The summed E-state index contributed by atoms with van der Waals surface area (Å²) in [6, 6.07) is 19.5. The van der Waals surface area contributed by atoms with Crippen LogP contribution in [0.5, 0.6) is 5.75 Å². The van der Waals surface area contributed by atoms with Crippen molar-refractivity contribution in [1.29, 1.82) is 0 Å². The Morgan fingerprint density at radius 3 is 2.71 bits per heavy atom. The van der Waals surface area contributed by atoms with Gasteiger partial charge in [-0.2, -0.15) is 5.10 Å². The maximum atomic E-state index is 11.3. The van der Waals surface area contributed by atoms with Gasteiger partial charge in [-0.1, -0.05) is 65.8 Å². The van der Waals surface area contributed by atoms with Gasteiger partial charge in [-0.05, 0) is 34.5 Å². The third-order valence-corrected chi connectivity index (χ3v) is 5.28. The highest BCUT2D eigenvalue weighted by molar-refractivity contribution is 8.15. The number of ether oxygens (including phenoxy) is 1. The van der Waals surface area contributed by atoms with Gasteiger partial charge in [-0.15, -0.1) is 5.10 Å². The zero-order chi connectivity index (χ0) is 19.3. The van der Waals surface area contributed by atoms with Crippen molar-refractivity contribution in [1.82, 2.24) is 5.32 Å². The molecule has 1 amide bonds. The number of rotatable bonds is 5. The van der Waals surface area contributed by atoms with Crippen molar-refractivity contribution in [3.8, 4) is 5.75 Å². The summed E-state index contributed by atoms with van der Waals surface area (Å²) < 4.78 is 6.05. The Bertz CT molecular complexity index is 1080. The first kappa shape index (κ1) is 18.5. The first-order valence-electron chi connectivity index (χ1n) is 8.62. The van der Waals surface area contributed by atoms with Crippen LogP contribution in [0, 0.1) is 0 Å². The zero-order valence-corrected chi connectivity index (χ0v) is 16.3. The number of benzene rings is 3. The molecule has 1 heterocycles. The highest BCUT2D eigenvalue weighted by atomic mass is 35.5. The van der Waals surface area contributed by atoms with Crippen molar-refractivity contribution < 1.29 is 9.53 Å². The number of amides is 1. The molecule has 0 bridgehead atoms. The van der Waals surface area contributed by atoms with Gasteiger partial charge in [0.1, 0.15) is 12.4 Å². The minimum absolute atomic E-state index is 0.0592. The smallest absolute Gasteiger partial charge is 0.236 e. The van der Waals surface area contributed by atoms with E-state index in [2.05, 4.69) is 15.5 Å². The van der Waals surface area contributed by atoms with Gasteiger partial charge in [0.2, 0.25) is 5.91 Å². The summed E-state index contributed by atoms with van der Waals surface area (Å²) in [5.41, 5.74) is 1.86. The normalized spacial score (nSPS) is 15.5. The molecule has 1 aliphatic heterocycles. The van der Waals surface area contributed by atoms with E-state index in [1.54, 1.807) is 6.21 Å². The van der Waals surface area contributed by atoms with Gasteiger partial charge >= 0.3 is 0 Å². The fourth-order valence-electron chi connectivity index (χ4n) is 2.79. The molecule has 0 spiro atoms. The number of halogens is 1. The predicted molar refractivity (Wildman–Crippen MR) is 115 cm³/mol. The molecule has 0 radical (unpaired) electrons. The van der Waals surface area contributed by atoms with E-state index in [1.165, 1.54) is 11.8 Å². The van der Waals surface area contributed by atoms with Gasteiger partial charge in [0, 0.05) is 10.6 Å². The van der Waals surface area contributed by atoms with Crippen LogP contribution in [0.2, 0.25) is 5.02 Å². The molecule has 7 heteroatoms. The first-order chi connectivity index (χ1) is 13.7. The summed E-state index contributed by atoms with van der Waals surface area (Å²) in [6.07, 6.45) is 1.66. The Kier molecular flexibility index (Phi) is 5.60. The van der Waals surface area contributed by atoms with Crippen LogP contribution in [0.15, 0.2) is 70.9 Å². The highest BCUT2D eigenvalue weighted by Gasteiger charge is 2.16. The monoisotopic (exact) mass is 409 g/mol. The Morgan fingerprint density at radius 1 is 1.11 bits per heavy atom. The molecule has 0 aromatic heterocycles. The number of hydrogen-bond donors (Lipinski definition) is 1. The molecule has 0 atom stereocenters. The lowest BCUT2D eigenvalue weighted by atomic mass is 10.0. The topological polar surface area (TPSA) is 63.0 Å². The number of thioether (sulfide) groups is 1. The van der Waals surface area contributed by atoms with Crippen LogP contribution in [-0.2, 0) is 11.4 Å². The van der Waals surface area contributed by atoms with E-state index in [0.717, 1.165) is 21.9 Å². The number of carbonyl (C=O) groups excluding carboxylic acids is 1. The zero-order valence-electron chi connectivity index (χ0n) is 14.8. The number of carbonyl (C=O) groups is 1. The standard InChI is InChI=1S/C21H16ClN3O2S/c22-16-8-5-14(6-9-16)12-27-19-10-7-15-3-1-2-4-17(15)18(19)11-23-25-21-24-20(26)13-28-21/h1-11H,12-13H2,(H,24,25,26)/b23-11+. The second-order valence-electron chi connectivity index (χ2n) is 6.10. The lowest BCUT2D eigenvalue weighted by Crippen LogP contribution is -2.19. The second-order valence-corrected chi connectivity index (χ2v) is 7.50. The third-order valence-electron chi connectivity index (χ3n) is 4.16. The van der Waals surface area contributed by atoms with Gasteiger partial charge < -0.3 is 10.1 Å². The van der Waals surface area contributed by atoms with Gasteiger partial charge in [0.05, 0.1) is 12.0 Å². The molecule has 1 fully saturated rings. The maximum Gasteiger partial charge on any atom is 0.236 e. The van der Waals surface area contributed by atoms with Gasteiger partial charge in [-0.3, -0.25) is 4.79 Å². The molecule has 1 aliphatic rings. The van der Waals surface area contributed by atoms with E-state index in [-0.39, 0.29) is 5.91 Å². The molecule has 4 rings (SSSR count). The minimum Gasteiger partial charge on any atom is -0.488 e. The van der Waals surface area contributed by atoms with Crippen molar-refractivity contribution in [3.63, 3.8) is 0 Å². The van der Waals surface area contributed by atoms with Crippen molar-refractivity contribution in [2.75, 3.05) is 5.75 Å². The second kappa shape index (κ2) is 8.46. The largest absolute Gasteiger partial charge is 0.488 e. The maximum absolute atomic E-state index is 11.3. The van der Waals surface area contributed by atoms with E-state index in [0.29, 0.717) is 28.3 Å². The molecule has 1 N–H and O–H groups in total. The van der Waals surface area contributed by atoms with Crippen LogP contribution in [0.3, 0.4) is 0 Å². The van der Waals surface area contributed by atoms with E-state index < -0.39 is 0 Å². The summed E-state index contributed by atoms with van der Waals surface area (Å²) >= 11 is 7.28. The molecule has 28 heavy (non-hydrogen) atoms. The van der Waals surface area contributed by atoms with Crippen molar-refractivity contribution in [2.24, 2.45) is 10.2 Å². The molecular weight excluding hydrogens is 394 g/mol. The highest BCUT2D eigenvalue weighted by Crippen LogP contribution is 2.27. The van der Waals surface area contributed by atoms with E-state index >= 15 is 0 Å². The average molecular weight is 410 g/mol. The molecule has 3 aromatic carbocycles. The Balaban J connectivity index is 1.62. The van der Waals surface area contributed by atoms with Crippen molar-refractivity contribution >= 4 is 51.4 Å². The molecule has 1 saturated heterocycles. The lowest BCUT2D eigenvalue weighted by Gasteiger charge is -2.11. The SMILES string of the molecule is O=C1CS/C(=N\N=C\c2c(OCc3ccc(Cl)cc3)ccc3ccccc23)N1. The van der Waals surface area contributed by atoms with Crippen molar-refractivity contribution in [3.05, 3.63) is 76.8 Å². The fourth-order valence-corrected chi connectivity index (χ4v) is 3.55. The Hall–Kier alpha value is -2.83. The summed E-state index contributed by atoms with van der Waals surface area (Å²) in [5, 5.41) is 14.2. The fraction of sp³-hybridized carbons (Fsp3) is 0.0952. The van der Waals surface area contributed by atoms with E-state index in [1.807, 2.05) is 60.7 Å². The summed E-state index contributed by atoms with van der Waals surface area (Å²) in [7, 11) is 0. The first-order valence-corrected chi connectivity index (χ1v) is 9.98. The molecule has 0 saturated carbocycles. The predicted octanol–water partition coefficient (Wildman–Crippen LogP) is 4.63. The minimum atomic E-state index is -0.0592. The number of amidine groups is 1. The Labute approximate surface area is 171 Å². The van der Waals surface area contributed by atoms with Gasteiger partial charge in [0.15, 0.2) is 5.17 Å². The molecular formula is C21H16ClN3O2S. The number of fused-ring (bicyclic) bond motifs is 1. The van der Waals surface area contributed by atoms with Crippen LogP contribution in [-0.4, -0.2) is 23.0 Å². The molecule has 5 nitrogen and oxygen atoms in total. The molecule has 0 aliphatic carbocycles. The average Bonchev–Trinajstić information content (AvgIpc) is 3.13. The van der Waals surface area contributed by atoms with Crippen molar-refractivity contribution in [2.45, 2.75) is 6.61 Å². The number of nitrogens with one attached hydrogen (secondary N) is 1. The van der Waals surface area contributed by atoms with Crippen LogP contribution in [0.25, 0.3) is 10.8 Å². The summed E-state index contributed by atoms with van der Waals surface area (Å²) in [6.45, 7) is 0.413. The quantitative estimate of drug-likeness (QED) is 0.493. The molecule has 0 unspecified atom stereocenters. The van der Waals surface area contributed by atoms with Gasteiger partial charge in [-0.25, -0.2) is 0 Å². The van der Waals surface area contributed by atoms with Crippen LogP contribution >= 0.6 is 23.4 Å². The number of hydrogen-bond acceptors (Lipinski definition) is 5. The van der Waals surface area contributed by atoms with E-state index in [4.69, 9.17) is 16.3 Å². The Morgan fingerprint density at radius 2 is 1.93 bits per heavy atom. The third kappa shape index (κ3) is 4.35. The number of nitrogens with zero attached hydrogens (tertiary/aromatic N) is 2. The van der Waals surface area contributed by atoms with Crippen LogP contribution < -0.4 is 10.1 Å². The van der Waals surface area contributed by atoms with Crippen LogP contribution in [0.1, 0.15) is 11.1 Å². The lowest BCUT2D eigenvalue weighted by molar-refractivity contribution is -0.116. The molecule has 3 aromatic rings. The molecule has 140 valence electrons.